The normalized spacial score (nSPS) is 21.7. The molecule has 1 saturated heterocycles. The lowest BCUT2D eigenvalue weighted by molar-refractivity contribution is -0.146. The Balaban J connectivity index is 1.93. The molecule has 0 N–H and O–H groups in total. The minimum atomic E-state index is -0.119. The fourth-order valence-corrected chi connectivity index (χ4v) is 3.40. The maximum absolute atomic E-state index is 13.2. The monoisotopic (exact) mass is 320 g/mol. The first kappa shape index (κ1) is 16.5. The van der Waals surface area contributed by atoms with Crippen LogP contribution >= 0.6 is 0 Å². The van der Waals surface area contributed by atoms with Crippen LogP contribution in [0.25, 0.3) is 0 Å². The minimum Gasteiger partial charge on any atom is -0.329 e. The second-order valence-electron chi connectivity index (χ2n) is 6.36. The summed E-state index contributed by atoms with van der Waals surface area (Å²) in [7, 11) is 2.03. The van der Waals surface area contributed by atoms with E-state index in [1.165, 1.54) is 5.56 Å². The number of likely N-dealkylation sites (N-methyl/N-ethyl adjacent to an activating group) is 1. The zero-order chi connectivity index (χ0) is 16.9. The van der Waals surface area contributed by atoms with Crippen LogP contribution in [0.15, 0.2) is 73.3 Å². The first-order valence-corrected chi connectivity index (χ1v) is 8.41. The van der Waals surface area contributed by atoms with Crippen molar-refractivity contribution in [2.45, 2.75) is 25.0 Å². The van der Waals surface area contributed by atoms with Crippen LogP contribution in [0, 0.1) is 0 Å². The van der Waals surface area contributed by atoms with E-state index in [9.17, 15) is 4.79 Å². The van der Waals surface area contributed by atoms with Gasteiger partial charge in [-0.3, -0.25) is 9.69 Å². The molecule has 1 amide bonds. The van der Waals surface area contributed by atoms with Crippen molar-refractivity contribution in [3.63, 3.8) is 0 Å². The molecule has 0 spiro atoms. The van der Waals surface area contributed by atoms with Crippen LogP contribution < -0.4 is 0 Å². The van der Waals surface area contributed by atoms with E-state index < -0.39 is 0 Å². The average Bonchev–Trinajstić information content (AvgIpc) is 2.62. The van der Waals surface area contributed by atoms with Gasteiger partial charge in [-0.25, -0.2) is 0 Å². The second-order valence-corrected chi connectivity index (χ2v) is 6.36. The molecule has 2 aromatic carbocycles. The molecule has 0 aliphatic carbocycles. The first-order chi connectivity index (χ1) is 11.7. The van der Waals surface area contributed by atoms with Gasteiger partial charge in [-0.1, -0.05) is 66.7 Å². The molecule has 2 atom stereocenters. The molecule has 0 bridgehead atoms. The van der Waals surface area contributed by atoms with E-state index in [1.807, 2.05) is 54.4 Å². The van der Waals surface area contributed by atoms with E-state index in [0.717, 1.165) is 12.1 Å². The summed E-state index contributed by atoms with van der Waals surface area (Å²) in [5.41, 5.74) is 2.35. The van der Waals surface area contributed by atoms with Gasteiger partial charge in [0, 0.05) is 13.1 Å². The molecule has 24 heavy (non-hydrogen) atoms. The van der Waals surface area contributed by atoms with Crippen molar-refractivity contribution in [2.24, 2.45) is 0 Å². The zero-order valence-corrected chi connectivity index (χ0v) is 14.1. The second kappa shape index (κ2) is 7.45. The number of rotatable bonds is 5. The number of nitrogens with zero attached hydrogens (tertiary/aromatic N) is 2. The number of piperazine rings is 1. The van der Waals surface area contributed by atoms with Gasteiger partial charge < -0.3 is 4.90 Å². The van der Waals surface area contributed by atoms with Gasteiger partial charge in [0.05, 0.1) is 12.1 Å². The lowest BCUT2D eigenvalue weighted by Gasteiger charge is -2.44. The third kappa shape index (κ3) is 3.41. The number of benzene rings is 2. The fourth-order valence-electron chi connectivity index (χ4n) is 3.40. The summed E-state index contributed by atoms with van der Waals surface area (Å²) in [6.45, 7) is 5.29. The minimum absolute atomic E-state index is 0.0740. The highest BCUT2D eigenvalue weighted by Crippen LogP contribution is 2.30. The molecule has 0 aromatic heterocycles. The Hall–Kier alpha value is -2.39. The van der Waals surface area contributed by atoms with Crippen LogP contribution in [0.5, 0.6) is 0 Å². The summed E-state index contributed by atoms with van der Waals surface area (Å²) >= 11 is 0. The topological polar surface area (TPSA) is 23.6 Å². The smallest absolute Gasteiger partial charge is 0.241 e. The lowest BCUT2D eigenvalue weighted by Crippen LogP contribution is -2.56. The van der Waals surface area contributed by atoms with Crippen LogP contribution in [-0.4, -0.2) is 35.3 Å². The Bertz CT molecular complexity index is 683. The molecule has 1 aliphatic rings. The number of carbonyl (C=O) groups excluding carboxylic acids is 1. The highest BCUT2D eigenvalue weighted by molar-refractivity contribution is 5.83. The molecule has 1 heterocycles. The van der Waals surface area contributed by atoms with Gasteiger partial charge in [-0.05, 0) is 24.6 Å². The quantitative estimate of drug-likeness (QED) is 0.785. The summed E-state index contributed by atoms with van der Waals surface area (Å²) in [5.74, 6) is 0.182. The Morgan fingerprint density at radius 2 is 1.71 bits per heavy atom. The van der Waals surface area contributed by atoms with Crippen molar-refractivity contribution in [3.05, 3.63) is 84.4 Å². The van der Waals surface area contributed by atoms with Crippen molar-refractivity contribution in [3.8, 4) is 0 Å². The third-order valence-corrected chi connectivity index (χ3v) is 4.71. The van der Waals surface area contributed by atoms with Crippen LogP contribution in [-0.2, 0) is 11.3 Å². The predicted octanol–water partition coefficient (Wildman–Crippen LogP) is 3.65. The number of hydrogen-bond acceptors (Lipinski definition) is 2. The maximum atomic E-state index is 13.2. The first-order valence-electron chi connectivity index (χ1n) is 8.41. The van der Waals surface area contributed by atoms with E-state index in [-0.39, 0.29) is 18.0 Å². The van der Waals surface area contributed by atoms with E-state index >= 15 is 0 Å². The summed E-state index contributed by atoms with van der Waals surface area (Å²) in [5, 5.41) is 0. The molecule has 1 fully saturated rings. The molecule has 1 aliphatic heterocycles. The molecule has 2 aromatic rings. The summed E-state index contributed by atoms with van der Waals surface area (Å²) < 4.78 is 0. The van der Waals surface area contributed by atoms with Gasteiger partial charge in [0.15, 0.2) is 0 Å². The van der Waals surface area contributed by atoms with E-state index in [2.05, 4.69) is 35.7 Å². The SMILES string of the molecule is C=CCC1C(=O)N(Cc2ccccc2)C(c2ccccc2)CN1C. The molecule has 3 nitrogen and oxygen atoms in total. The highest BCUT2D eigenvalue weighted by Gasteiger charge is 2.38. The van der Waals surface area contributed by atoms with Crippen LogP contribution in [0.2, 0.25) is 0 Å². The summed E-state index contributed by atoms with van der Waals surface area (Å²) in [6.07, 6.45) is 2.52. The van der Waals surface area contributed by atoms with Crippen molar-refractivity contribution in [1.82, 2.24) is 9.80 Å². The van der Waals surface area contributed by atoms with E-state index in [4.69, 9.17) is 0 Å². The predicted molar refractivity (Wildman–Crippen MR) is 97.4 cm³/mol. The van der Waals surface area contributed by atoms with Gasteiger partial charge in [0.2, 0.25) is 5.91 Å². The van der Waals surface area contributed by atoms with Gasteiger partial charge in [-0.2, -0.15) is 0 Å². The Morgan fingerprint density at radius 3 is 2.33 bits per heavy atom. The van der Waals surface area contributed by atoms with Crippen LogP contribution in [0.1, 0.15) is 23.6 Å². The van der Waals surface area contributed by atoms with Crippen molar-refractivity contribution in [2.75, 3.05) is 13.6 Å². The van der Waals surface area contributed by atoms with Crippen molar-refractivity contribution in [1.29, 1.82) is 0 Å². The van der Waals surface area contributed by atoms with Gasteiger partial charge >= 0.3 is 0 Å². The standard InChI is InChI=1S/C21H24N2O/c1-3-10-19-21(24)23(15-17-11-6-4-7-12-17)20(16-22(19)2)18-13-8-5-9-14-18/h3-9,11-14,19-20H,1,10,15-16H2,2H3. The fraction of sp³-hybridized carbons (Fsp3) is 0.286. The average molecular weight is 320 g/mol. The Morgan fingerprint density at radius 1 is 1.08 bits per heavy atom. The molecule has 3 heteroatoms. The van der Waals surface area contributed by atoms with Crippen LogP contribution in [0.4, 0.5) is 0 Å². The van der Waals surface area contributed by atoms with Crippen molar-refractivity contribution < 1.29 is 4.79 Å². The zero-order valence-electron chi connectivity index (χ0n) is 14.1. The number of hydrogen-bond donors (Lipinski definition) is 0. The van der Waals surface area contributed by atoms with E-state index in [1.54, 1.807) is 0 Å². The molecule has 0 radical (unpaired) electrons. The maximum Gasteiger partial charge on any atom is 0.241 e. The highest BCUT2D eigenvalue weighted by atomic mass is 16.2. The molecule has 0 saturated carbocycles. The molecule has 2 unspecified atom stereocenters. The van der Waals surface area contributed by atoms with Gasteiger partial charge in [0.1, 0.15) is 0 Å². The number of amides is 1. The molecular weight excluding hydrogens is 296 g/mol. The summed E-state index contributed by atoms with van der Waals surface area (Å²) in [6, 6.07) is 20.5. The van der Waals surface area contributed by atoms with Gasteiger partial charge in [-0.15, -0.1) is 6.58 Å². The largest absolute Gasteiger partial charge is 0.329 e. The lowest BCUT2D eigenvalue weighted by atomic mass is 9.97. The van der Waals surface area contributed by atoms with Crippen LogP contribution in [0.3, 0.4) is 0 Å². The Labute approximate surface area is 144 Å². The summed E-state index contributed by atoms with van der Waals surface area (Å²) in [4.78, 5) is 17.3. The Kier molecular flexibility index (Phi) is 5.11. The van der Waals surface area contributed by atoms with Gasteiger partial charge in [0.25, 0.3) is 0 Å². The molecule has 124 valence electrons. The van der Waals surface area contributed by atoms with Crippen molar-refractivity contribution >= 4 is 5.91 Å². The van der Waals surface area contributed by atoms with E-state index in [0.29, 0.717) is 13.0 Å². The number of carbonyl (C=O) groups is 1. The third-order valence-electron chi connectivity index (χ3n) is 4.71. The molecule has 3 rings (SSSR count). The molecular formula is C21H24N2O.